The molecule has 0 saturated carbocycles. The normalized spacial score (nSPS) is 15.5. The average molecular weight is 606 g/mol. The first-order valence-corrected chi connectivity index (χ1v) is 17.6. The molecule has 13 heteroatoms. The first-order chi connectivity index (χ1) is 20.2. The van der Waals surface area contributed by atoms with Crippen LogP contribution >= 0.6 is 11.6 Å². The molecule has 1 amide bonds. The largest absolute Gasteiger partial charge is 0.447 e. The van der Waals surface area contributed by atoms with E-state index < -0.39 is 26.0 Å². The molecule has 0 radical (unpaired) electrons. The van der Waals surface area contributed by atoms with E-state index in [1.807, 2.05) is 24.3 Å². The topological polar surface area (TPSA) is 99.7 Å². The maximum atomic E-state index is 13.8. The van der Waals surface area contributed by atoms with Gasteiger partial charge in [0, 0.05) is 32.0 Å². The lowest BCUT2D eigenvalue weighted by Crippen LogP contribution is -2.28. The first-order valence-electron chi connectivity index (χ1n) is 13.5. The minimum atomic E-state index is -1.14. The molecule has 216 valence electrons. The molecule has 0 aliphatic carbocycles. The van der Waals surface area contributed by atoms with Crippen LogP contribution in [0.5, 0.6) is 0 Å². The van der Waals surface area contributed by atoms with Gasteiger partial charge in [0.2, 0.25) is 0 Å². The molecule has 1 aliphatic rings. The van der Waals surface area contributed by atoms with Crippen LogP contribution in [0.1, 0.15) is 11.6 Å². The number of hydrogen-bond acceptors (Lipinski definition) is 7. The summed E-state index contributed by atoms with van der Waals surface area (Å²) in [5.74, 6) is 0.461. The highest BCUT2D eigenvalue weighted by molar-refractivity contribution is 6.76. The van der Waals surface area contributed by atoms with Gasteiger partial charge in [-0.25, -0.2) is 28.4 Å². The Morgan fingerprint density at radius 2 is 1.90 bits per heavy atom. The van der Waals surface area contributed by atoms with Gasteiger partial charge in [0.05, 0.1) is 11.2 Å². The van der Waals surface area contributed by atoms with Crippen LogP contribution in [0.4, 0.5) is 15.0 Å². The fraction of sp³-hybridized carbons (Fsp3) is 0.276. The highest BCUT2D eigenvalue weighted by Crippen LogP contribution is 2.35. The minimum absolute atomic E-state index is 0.0236. The van der Waals surface area contributed by atoms with Gasteiger partial charge in [-0.2, -0.15) is 5.10 Å². The molecular weight excluding hydrogens is 577 g/mol. The molecule has 42 heavy (non-hydrogen) atoms. The quantitative estimate of drug-likeness (QED) is 0.140. The van der Waals surface area contributed by atoms with Crippen molar-refractivity contribution < 1.29 is 18.7 Å². The Morgan fingerprint density at radius 3 is 2.67 bits per heavy atom. The Labute approximate surface area is 247 Å². The van der Waals surface area contributed by atoms with Crippen LogP contribution in [0.15, 0.2) is 67.3 Å². The molecule has 4 heterocycles. The molecule has 1 fully saturated rings. The van der Waals surface area contributed by atoms with Crippen LogP contribution in [0.2, 0.25) is 30.7 Å². The number of aromatic nitrogens is 6. The molecule has 3 aromatic heterocycles. The number of anilines is 1. The summed E-state index contributed by atoms with van der Waals surface area (Å²) in [6.07, 6.45) is 4.59. The van der Waals surface area contributed by atoms with E-state index in [-0.39, 0.29) is 11.6 Å². The summed E-state index contributed by atoms with van der Waals surface area (Å²) in [7, 11) is -1.14. The van der Waals surface area contributed by atoms with Gasteiger partial charge in [0.15, 0.2) is 11.5 Å². The lowest BCUT2D eigenvalue weighted by molar-refractivity contribution is 0.0785. The molecule has 1 aliphatic heterocycles. The maximum Gasteiger partial charge on any atom is 0.416 e. The van der Waals surface area contributed by atoms with Crippen LogP contribution in [-0.2, 0) is 16.2 Å². The fourth-order valence-electron chi connectivity index (χ4n) is 4.66. The molecule has 5 aromatic rings. The molecule has 0 N–H and O–H groups in total. The predicted octanol–water partition coefficient (Wildman–Crippen LogP) is 6.46. The number of halogens is 2. The zero-order chi connectivity index (χ0) is 29.4. The van der Waals surface area contributed by atoms with Crippen molar-refractivity contribution in [2.75, 3.05) is 18.1 Å². The van der Waals surface area contributed by atoms with E-state index in [0.717, 1.165) is 29.3 Å². The van der Waals surface area contributed by atoms with Gasteiger partial charge in [-0.1, -0.05) is 61.6 Å². The summed E-state index contributed by atoms with van der Waals surface area (Å²) in [6.45, 7) is 8.14. The molecule has 1 atom stereocenters. The summed E-state index contributed by atoms with van der Waals surface area (Å²) in [6, 6.07) is 14.5. The van der Waals surface area contributed by atoms with Gasteiger partial charge in [-0.05, 0) is 35.4 Å². The molecular formula is C29H29ClFN7O3Si. The summed E-state index contributed by atoms with van der Waals surface area (Å²) in [4.78, 5) is 23.4. The molecule has 6 rings (SSSR count). The Balaban J connectivity index is 1.22. The molecule has 2 aromatic carbocycles. The van der Waals surface area contributed by atoms with Gasteiger partial charge in [-0.15, -0.1) is 5.10 Å². The molecule has 0 bridgehead atoms. The Kier molecular flexibility index (Phi) is 7.52. The number of amides is 1. The van der Waals surface area contributed by atoms with Gasteiger partial charge in [0.1, 0.15) is 37.3 Å². The lowest BCUT2D eigenvalue weighted by atomic mass is 10.1. The van der Waals surface area contributed by atoms with Crippen molar-refractivity contribution in [1.82, 2.24) is 29.4 Å². The van der Waals surface area contributed by atoms with E-state index in [1.165, 1.54) is 17.0 Å². The number of fused-ring (bicyclic) bond motifs is 1. The van der Waals surface area contributed by atoms with E-state index in [9.17, 15) is 9.18 Å². The van der Waals surface area contributed by atoms with Gasteiger partial charge >= 0.3 is 6.09 Å². The summed E-state index contributed by atoms with van der Waals surface area (Å²) < 4.78 is 28.2. The van der Waals surface area contributed by atoms with Crippen LogP contribution < -0.4 is 4.90 Å². The smallest absolute Gasteiger partial charge is 0.416 e. The van der Waals surface area contributed by atoms with Gasteiger partial charge in [-0.3, -0.25) is 4.90 Å². The number of carbonyl (C=O) groups excluding carboxylic acids is 1. The third kappa shape index (κ3) is 5.78. The van der Waals surface area contributed by atoms with Crippen molar-refractivity contribution in [3.05, 3.63) is 83.7 Å². The monoisotopic (exact) mass is 605 g/mol. The number of rotatable bonds is 9. The van der Waals surface area contributed by atoms with Crippen molar-refractivity contribution in [2.24, 2.45) is 0 Å². The Hall–Kier alpha value is -4.13. The Morgan fingerprint density at radius 1 is 1.12 bits per heavy atom. The summed E-state index contributed by atoms with van der Waals surface area (Å²) >= 11 is 6.01. The summed E-state index contributed by atoms with van der Waals surface area (Å²) in [5, 5.41) is 8.96. The standard InChI is InChI=1S/C29H29ClFN7O3Si/c1-42(2,3)13-12-40-18-36-17-32-27(35-36)20-6-4-19(5-7-20)22-15-33-37-11-10-26(34-28(22)37)38-25(16-41-29(38)39)21-8-9-24(31)23(30)14-21/h4-11,14-15,17,25H,12-13,16,18H2,1-3H3/t25-/m1/s1. The van der Waals surface area contributed by atoms with E-state index in [0.29, 0.717) is 29.6 Å². The second kappa shape index (κ2) is 11.3. The zero-order valence-electron chi connectivity index (χ0n) is 23.4. The number of cyclic esters (lactones) is 1. The zero-order valence-corrected chi connectivity index (χ0v) is 25.1. The third-order valence-electron chi connectivity index (χ3n) is 7.01. The fourth-order valence-corrected chi connectivity index (χ4v) is 5.61. The van der Waals surface area contributed by atoms with Crippen molar-refractivity contribution >= 4 is 37.2 Å². The van der Waals surface area contributed by atoms with Crippen LogP contribution in [-0.4, -0.2) is 56.7 Å². The summed E-state index contributed by atoms with van der Waals surface area (Å²) in [5.41, 5.74) is 3.75. The van der Waals surface area contributed by atoms with E-state index in [1.54, 1.807) is 40.1 Å². The number of benzene rings is 2. The minimum Gasteiger partial charge on any atom is -0.447 e. The maximum absolute atomic E-state index is 13.8. The van der Waals surface area contributed by atoms with Gasteiger partial charge < -0.3 is 9.47 Å². The number of ether oxygens (including phenoxy) is 2. The highest BCUT2D eigenvalue weighted by atomic mass is 35.5. The van der Waals surface area contributed by atoms with E-state index >= 15 is 0 Å². The molecule has 0 unspecified atom stereocenters. The predicted molar refractivity (Wildman–Crippen MR) is 160 cm³/mol. The number of carbonyl (C=O) groups is 1. The Bertz CT molecular complexity index is 1750. The van der Waals surface area contributed by atoms with E-state index in [4.69, 9.17) is 26.1 Å². The van der Waals surface area contributed by atoms with Crippen LogP contribution in [0.3, 0.4) is 0 Å². The first kappa shape index (κ1) is 28.0. The SMILES string of the molecule is C[Si](C)(C)CCOCn1cnc(-c2ccc(-c3cnn4ccc(N5C(=O)OC[C@@H]5c5ccc(F)c(Cl)c5)nc34)cc2)n1. The van der Waals surface area contributed by atoms with Crippen LogP contribution in [0.25, 0.3) is 28.2 Å². The molecule has 0 spiro atoms. The van der Waals surface area contributed by atoms with Crippen molar-refractivity contribution in [1.29, 1.82) is 0 Å². The average Bonchev–Trinajstić information content (AvgIpc) is 3.70. The van der Waals surface area contributed by atoms with Crippen LogP contribution in [0, 0.1) is 5.82 Å². The molecule has 10 nitrogen and oxygen atoms in total. The second-order valence-corrected chi connectivity index (χ2v) is 17.3. The van der Waals surface area contributed by atoms with Gasteiger partial charge in [0.25, 0.3) is 0 Å². The highest BCUT2D eigenvalue weighted by Gasteiger charge is 2.37. The van der Waals surface area contributed by atoms with Crippen molar-refractivity contribution in [3.8, 4) is 22.5 Å². The third-order valence-corrected chi connectivity index (χ3v) is 9.01. The number of hydrogen-bond donors (Lipinski definition) is 0. The second-order valence-electron chi connectivity index (χ2n) is 11.3. The molecule has 1 saturated heterocycles. The van der Waals surface area contributed by atoms with Crippen molar-refractivity contribution in [2.45, 2.75) is 38.5 Å². The number of nitrogens with zero attached hydrogens (tertiary/aromatic N) is 7. The van der Waals surface area contributed by atoms with E-state index in [2.05, 4.69) is 34.8 Å². The van der Waals surface area contributed by atoms with Crippen molar-refractivity contribution in [3.63, 3.8) is 0 Å². The lowest BCUT2D eigenvalue weighted by Gasteiger charge is -2.21.